The van der Waals surface area contributed by atoms with Gasteiger partial charge in [0, 0.05) is 0 Å². The van der Waals surface area contributed by atoms with E-state index in [4.69, 9.17) is 4.52 Å². The summed E-state index contributed by atoms with van der Waals surface area (Å²) in [4.78, 5) is 0. The predicted molar refractivity (Wildman–Crippen MR) is 71.1 cm³/mol. The molecule has 0 spiro atoms. The number of benzene rings is 1. The summed E-state index contributed by atoms with van der Waals surface area (Å²) < 4.78 is 5.78. The van der Waals surface area contributed by atoms with E-state index in [1.807, 2.05) is 0 Å². The van der Waals surface area contributed by atoms with Crippen LogP contribution in [0.5, 0.6) is 5.75 Å². The van der Waals surface area contributed by atoms with Crippen LogP contribution in [0, 0.1) is 6.92 Å². The van der Waals surface area contributed by atoms with Gasteiger partial charge in [-0.2, -0.15) is 9.90 Å². The smallest absolute Gasteiger partial charge is 0.126 e. The first-order chi connectivity index (χ1) is 6.13. The molecule has 0 saturated heterocycles. The molecule has 0 aliphatic rings. The molecule has 80 valence electrons. The maximum atomic E-state index is 5.78. The second kappa shape index (κ2) is 6.38. The van der Waals surface area contributed by atoms with E-state index in [1.165, 1.54) is 11.1 Å². The molecule has 0 saturated carbocycles. The van der Waals surface area contributed by atoms with Crippen LogP contribution in [-0.4, -0.2) is 13.3 Å². The molecule has 1 nitrogen and oxygen atoms in total. The fourth-order valence-corrected chi connectivity index (χ4v) is 1.80. The summed E-state index contributed by atoms with van der Waals surface area (Å²) in [5, 5.41) is 0. The number of hydrogen-bond acceptors (Lipinski definition) is 1. The molecule has 1 unspecified atom stereocenters. The average molecular weight is 230 g/mol. The van der Waals surface area contributed by atoms with Gasteiger partial charge in [0.2, 0.25) is 0 Å². The van der Waals surface area contributed by atoms with E-state index in [9.17, 15) is 0 Å². The third-order valence-corrected chi connectivity index (χ3v) is 2.45. The highest BCUT2D eigenvalue weighted by molar-refractivity contribution is 7.51. The van der Waals surface area contributed by atoms with Crippen LogP contribution in [0.25, 0.3) is 0 Å². The van der Waals surface area contributed by atoms with E-state index in [-0.39, 0.29) is 18.0 Å². The molecule has 3 heteroatoms. The second-order valence-electron chi connectivity index (χ2n) is 3.37. The van der Waals surface area contributed by atoms with Crippen molar-refractivity contribution in [2.24, 2.45) is 0 Å². The van der Waals surface area contributed by atoms with Crippen molar-refractivity contribution in [3.05, 3.63) is 29.3 Å². The Morgan fingerprint density at radius 2 is 1.93 bits per heavy atom. The molecule has 0 heterocycles. The topological polar surface area (TPSA) is 9.23 Å². The SMILES string of the molecule is CCc1ccc(C)cc1OP(C)C.P. The van der Waals surface area contributed by atoms with Gasteiger partial charge in [0.15, 0.2) is 0 Å². The van der Waals surface area contributed by atoms with E-state index < -0.39 is 0 Å². The van der Waals surface area contributed by atoms with Gasteiger partial charge in [-0.25, -0.2) is 0 Å². The lowest BCUT2D eigenvalue weighted by Crippen LogP contribution is -1.91. The van der Waals surface area contributed by atoms with Crippen molar-refractivity contribution < 1.29 is 4.52 Å². The minimum Gasteiger partial charge on any atom is -0.474 e. The minimum absolute atomic E-state index is 0. The van der Waals surface area contributed by atoms with Crippen molar-refractivity contribution >= 4 is 18.0 Å². The van der Waals surface area contributed by atoms with Crippen LogP contribution in [0.2, 0.25) is 0 Å². The van der Waals surface area contributed by atoms with Gasteiger partial charge in [-0.05, 0) is 43.9 Å². The van der Waals surface area contributed by atoms with E-state index in [2.05, 4.69) is 45.4 Å². The lowest BCUT2D eigenvalue weighted by atomic mass is 10.1. The van der Waals surface area contributed by atoms with Crippen molar-refractivity contribution in [2.75, 3.05) is 13.3 Å². The highest BCUT2D eigenvalue weighted by Crippen LogP contribution is 2.33. The van der Waals surface area contributed by atoms with Crippen LogP contribution >= 0.6 is 18.0 Å². The Bertz CT molecular complexity index is 285. The number of hydrogen-bond donors (Lipinski definition) is 0. The highest BCUT2D eigenvalue weighted by atomic mass is 31.1. The summed E-state index contributed by atoms with van der Waals surface area (Å²) in [5.41, 5.74) is 2.57. The van der Waals surface area contributed by atoms with Gasteiger partial charge in [0.1, 0.15) is 5.75 Å². The lowest BCUT2D eigenvalue weighted by molar-refractivity contribution is 0.612. The van der Waals surface area contributed by atoms with Crippen LogP contribution in [-0.2, 0) is 6.42 Å². The standard InChI is InChI=1S/C11H17OP.H3P/c1-5-10-7-6-9(2)8-11(10)12-13(3)4;/h6-8H,5H2,1-4H3;1H3. The van der Waals surface area contributed by atoms with Crippen LogP contribution in [0.4, 0.5) is 0 Å². The summed E-state index contributed by atoms with van der Waals surface area (Å²) in [7, 11) is -0.311. The maximum Gasteiger partial charge on any atom is 0.126 e. The summed E-state index contributed by atoms with van der Waals surface area (Å²) in [6.07, 6.45) is 1.04. The van der Waals surface area contributed by atoms with Gasteiger partial charge in [0.05, 0.1) is 8.15 Å². The monoisotopic (exact) mass is 230 g/mol. The first-order valence-corrected chi connectivity index (χ1v) is 6.73. The molecule has 0 aliphatic carbocycles. The van der Waals surface area contributed by atoms with Crippen LogP contribution < -0.4 is 4.52 Å². The van der Waals surface area contributed by atoms with Gasteiger partial charge in [0.25, 0.3) is 0 Å². The van der Waals surface area contributed by atoms with E-state index in [0.717, 1.165) is 12.2 Å². The summed E-state index contributed by atoms with van der Waals surface area (Å²) in [5.74, 6) is 1.07. The predicted octanol–water partition coefficient (Wildman–Crippen LogP) is 3.65. The quantitative estimate of drug-likeness (QED) is 0.720. The van der Waals surface area contributed by atoms with Gasteiger partial charge in [-0.1, -0.05) is 19.1 Å². The Labute approximate surface area is 91.7 Å². The minimum atomic E-state index is -0.311. The maximum absolute atomic E-state index is 5.78. The highest BCUT2D eigenvalue weighted by Gasteiger charge is 2.03. The van der Waals surface area contributed by atoms with E-state index >= 15 is 0 Å². The molecule has 0 aliphatic heterocycles. The molecular formula is C11H20OP2. The Balaban J connectivity index is 0.00000169. The van der Waals surface area contributed by atoms with E-state index in [0.29, 0.717) is 0 Å². The molecule has 0 amide bonds. The van der Waals surface area contributed by atoms with Crippen molar-refractivity contribution in [2.45, 2.75) is 20.3 Å². The van der Waals surface area contributed by atoms with Crippen molar-refractivity contribution in [3.63, 3.8) is 0 Å². The van der Waals surface area contributed by atoms with E-state index in [1.54, 1.807) is 0 Å². The Hall–Kier alpha value is -0.120. The summed E-state index contributed by atoms with van der Waals surface area (Å²) in [6, 6.07) is 6.42. The molecule has 14 heavy (non-hydrogen) atoms. The molecule has 1 atom stereocenters. The van der Waals surface area contributed by atoms with Crippen LogP contribution in [0.15, 0.2) is 18.2 Å². The molecule has 1 aromatic rings. The van der Waals surface area contributed by atoms with Crippen molar-refractivity contribution in [1.29, 1.82) is 0 Å². The lowest BCUT2D eigenvalue weighted by Gasteiger charge is -2.13. The summed E-state index contributed by atoms with van der Waals surface area (Å²) in [6.45, 7) is 8.50. The third kappa shape index (κ3) is 3.95. The zero-order chi connectivity index (χ0) is 9.84. The first-order valence-electron chi connectivity index (χ1n) is 4.58. The zero-order valence-electron chi connectivity index (χ0n) is 9.50. The Morgan fingerprint density at radius 1 is 1.29 bits per heavy atom. The molecule has 0 N–H and O–H groups in total. The Morgan fingerprint density at radius 3 is 2.43 bits per heavy atom. The molecule has 0 aromatic heterocycles. The summed E-state index contributed by atoms with van der Waals surface area (Å²) >= 11 is 0. The van der Waals surface area contributed by atoms with Gasteiger partial charge in [-0.15, -0.1) is 0 Å². The molecule has 0 radical (unpaired) electrons. The molecule has 1 aromatic carbocycles. The van der Waals surface area contributed by atoms with Crippen molar-refractivity contribution in [1.82, 2.24) is 0 Å². The van der Waals surface area contributed by atoms with Crippen LogP contribution in [0.1, 0.15) is 18.1 Å². The van der Waals surface area contributed by atoms with Gasteiger partial charge >= 0.3 is 0 Å². The third-order valence-electron chi connectivity index (χ3n) is 1.88. The van der Waals surface area contributed by atoms with Crippen LogP contribution in [0.3, 0.4) is 0 Å². The fourth-order valence-electron chi connectivity index (χ4n) is 1.24. The van der Waals surface area contributed by atoms with Crippen molar-refractivity contribution in [3.8, 4) is 5.75 Å². The molecule has 1 rings (SSSR count). The number of aryl methyl sites for hydroxylation is 2. The first kappa shape index (κ1) is 13.9. The Kier molecular flexibility index (Phi) is 6.33. The normalized spacial score (nSPS) is 9.79. The second-order valence-corrected chi connectivity index (χ2v) is 5.18. The molecule has 0 fully saturated rings. The fraction of sp³-hybridized carbons (Fsp3) is 0.455. The van der Waals surface area contributed by atoms with Gasteiger partial charge in [-0.3, -0.25) is 0 Å². The number of rotatable bonds is 3. The average Bonchev–Trinajstić information content (AvgIpc) is 2.03. The zero-order valence-corrected chi connectivity index (χ0v) is 11.8. The van der Waals surface area contributed by atoms with Gasteiger partial charge < -0.3 is 4.52 Å². The molecule has 0 bridgehead atoms. The molecular weight excluding hydrogens is 210 g/mol. The largest absolute Gasteiger partial charge is 0.474 e.